The molecule has 1 aliphatic rings. The van der Waals surface area contributed by atoms with Crippen molar-refractivity contribution in [2.45, 2.75) is 31.8 Å². The first kappa shape index (κ1) is 12.7. The van der Waals surface area contributed by atoms with Crippen LogP contribution in [-0.2, 0) is 6.42 Å². The zero-order chi connectivity index (χ0) is 12.3. The van der Waals surface area contributed by atoms with Crippen molar-refractivity contribution in [3.8, 4) is 11.5 Å². The SMILES string of the molecule is COc1cc(Br)cc(CCO)c1OC1CCC1. The van der Waals surface area contributed by atoms with Gasteiger partial charge in [0.05, 0.1) is 13.2 Å². The summed E-state index contributed by atoms with van der Waals surface area (Å²) in [6, 6.07) is 3.88. The third-order valence-electron chi connectivity index (χ3n) is 3.03. The summed E-state index contributed by atoms with van der Waals surface area (Å²) in [6.45, 7) is 0.112. The summed E-state index contributed by atoms with van der Waals surface area (Å²) in [4.78, 5) is 0. The molecule has 0 bridgehead atoms. The Labute approximate surface area is 110 Å². The number of aliphatic hydroxyl groups is 1. The Morgan fingerprint density at radius 3 is 2.71 bits per heavy atom. The molecular formula is C13H17BrO3. The molecule has 0 amide bonds. The highest BCUT2D eigenvalue weighted by molar-refractivity contribution is 9.10. The molecule has 1 aromatic rings. The van der Waals surface area contributed by atoms with E-state index >= 15 is 0 Å². The zero-order valence-corrected chi connectivity index (χ0v) is 11.5. The summed E-state index contributed by atoms with van der Waals surface area (Å²) in [6.07, 6.45) is 4.34. The van der Waals surface area contributed by atoms with Gasteiger partial charge in [-0.15, -0.1) is 0 Å². The van der Waals surface area contributed by atoms with Crippen molar-refractivity contribution < 1.29 is 14.6 Å². The maximum atomic E-state index is 9.09. The van der Waals surface area contributed by atoms with Crippen molar-refractivity contribution >= 4 is 15.9 Å². The minimum atomic E-state index is 0.112. The highest BCUT2D eigenvalue weighted by Gasteiger charge is 2.22. The van der Waals surface area contributed by atoms with E-state index in [0.29, 0.717) is 12.5 Å². The van der Waals surface area contributed by atoms with E-state index in [1.54, 1.807) is 7.11 Å². The van der Waals surface area contributed by atoms with Crippen LogP contribution in [0, 0.1) is 0 Å². The van der Waals surface area contributed by atoms with Crippen LogP contribution < -0.4 is 9.47 Å². The lowest BCUT2D eigenvalue weighted by Crippen LogP contribution is -2.25. The van der Waals surface area contributed by atoms with Crippen LogP contribution in [0.15, 0.2) is 16.6 Å². The molecule has 1 saturated carbocycles. The lowest BCUT2D eigenvalue weighted by atomic mass is 9.96. The Bertz CT molecular complexity index is 388. The van der Waals surface area contributed by atoms with Gasteiger partial charge >= 0.3 is 0 Å². The van der Waals surface area contributed by atoms with Crippen LogP contribution in [0.1, 0.15) is 24.8 Å². The first-order valence-electron chi connectivity index (χ1n) is 5.88. The monoisotopic (exact) mass is 300 g/mol. The van der Waals surface area contributed by atoms with E-state index in [9.17, 15) is 0 Å². The molecular weight excluding hydrogens is 284 g/mol. The maximum absolute atomic E-state index is 9.09. The van der Waals surface area contributed by atoms with Crippen molar-refractivity contribution in [2.75, 3.05) is 13.7 Å². The van der Waals surface area contributed by atoms with Crippen molar-refractivity contribution in [2.24, 2.45) is 0 Å². The normalized spacial score (nSPS) is 15.5. The summed E-state index contributed by atoms with van der Waals surface area (Å²) in [5.41, 5.74) is 0.991. The van der Waals surface area contributed by atoms with E-state index in [2.05, 4.69) is 15.9 Å². The van der Waals surface area contributed by atoms with Crippen molar-refractivity contribution in [3.05, 3.63) is 22.2 Å². The lowest BCUT2D eigenvalue weighted by Gasteiger charge is -2.28. The summed E-state index contributed by atoms with van der Waals surface area (Å²) < 4.78 is 12.2. The Kier molecular flexibility index (Phi) is 4.29. The minimum Gasteiger partial charge on any atom is -0.493 e. The predicted octanol–water partition coefficient (Wildman–Crippen LogP) is 2.92. The number of aliphatic hydroxyl groups excluding tert-OH is 1. The number of methoxy groups -OCH3 is 1. The van der Waals surface area contributed by atoms with Crippen LogP contribution in [0.3, 0.4) is 0 Å². The van der Waals surface area contributed by atoms with Gasteiger partial charge in [-0.25, -0.2) is 0 Å². The largest absolute Gasteiger partial charge is 0.493 e. The van der Waals surface area contributed by atoms with Crippen LogP contribution in [0.25, 0.3) is 0 Å². The molecule has 1 N–H and O–H groups in total. The van der Waals surface area contributed by atoms with Gasteiger partial charge < -0.3 is 14.6 Å². The first-order chi connectivity index (χ1) is 8.24. The van der Waals surface area contributed by atoms with Crippen LogP contribution >= 0.6 is 15.9 Å². The second-order valence-corrected chi connectivity index (χ2v) is 5.16. The molecule has 94 valence electrons. The van der Waals surface area contributed by atoms with Crippen LogP contribution in [0.2, 0.25) is 0 Å². The Balaban J connectivity index is 2.29. The summed E-state index contributed by atoms with van der Waals surface area (Å²) in [5.74, 6) is 1.52. The fourth-order valence-electron chi connectivity index (χ4n) is 1.87. The van der Waals surface area contributed by atoms with Crippen molar-refractivity contribution in [1.82, 2.24) is 0 Å². The van der Waals surface area contributed by atoms with Gasteiger partial charge in [0.25, 0.3) is 0 Å². The number of benzene rings is 1. The number of rotatable bonds is 5. The van der Waals surface area contributed by atoms with Gasteiger partial charge in [0.15, 0.2) is 11.5 Å². The van der Waals surface area contributed by atoms with Crippen molar-refractivity contribution in [1.29, 1.82) is 0 Å². The molecule has 0 aliphatic heterocycles. The van der Waals surface area contributed by atoms with E-state index in [1.165, 1.54) is 6.42 Å². The van der Waals surface area contributed by atoms with Crippen LogP contribution in [0.4, 0.5) is 0 Å². The molecule has 0 saturated heterocycles. The van der Waals surface area contributed by atoms with E-state index in [4.69, 9.17) is 14.6 Å². The molecule has 0 heterocycles. The molecule has 0 aromatic heterocycles. The van der Waals surface area contributed by atoms with Gasteiger partial charge in [-0.2, -0.15) is 0 Å². The Morgan fingerprint density at radius 2 is 2.18 bits per heavy atom. The third-order valence-corrected chi connectivity index (χ3v) is 3.49. The Hall–Kier alpha value is -0.740. The van der Waals surface area contributed by atoms with E-state index in [0.717, 1.165) is 34.4 Å². The van der Waals surface area contributed by atoms with Gasteiger partial charge in [0, 0.05) is 16.6 Å². The summed E-state index contributed by atoms with van der Waals surface area (Å²) in [5, 5.41) is 9.09. The molecule has 17 heavy (non-hydrogen) atoms. The minimum absolute atomic E-state index is 0.112. The second kappa shape index (κ2) is 5.74. The molecule has 3 nitrogen and oxygen atoms in total. The Morgan fingerprint density at radius 1 is 1.41 bits per heavy atom. The summed E-state index contributed by atoms with van der Waals surface area (Å²) >= 11 is 3.44. The second-order valence-electron chi connectivity index (χ2n) is 4.24. The fourth-order valence-corrected chi connectivity index (χ4v) is 2.35. The topological polar surface area (TPSA) is 38.7 Å². The third kappa shape index (κ3) is 2.93. The van der Waals surface area contributed by atoms with Crippen LogP contribution in [-0.4, -0.2) is 24.9 Å². The molecule has 0 spiro atoms. The number of ether oxygens (including phenoxy) is 2. The van der Waals surface area contributed by atoms with Gasteiger partial charge in [-0.05, 0) is 37.8 Å². The quantitative estimate of drug-likeness (QED) is 0.909. The molecule has 2 rings (SSSR count). The zero-order valence-electron chi connectivity index (χ0n) is 9.91. The molecule has 0 atom stereocenters. The molecule has 4 heteroatoms. The molecule has 1 aliphatic carbocycles. The number of hydrogen-bond donors (Lipinski definition) is 1. The summed E-state index contributed by atoms with van der Waals surface area (Å²) in [7, 11) is 1.64. The standard InChI is InChI=1S/C13H17BrO3/c1-16-12-8-10(14)7-9(5-6-15)13(12)17-11-3-2-4-11/h7-8,11,15H,2-6H2,1H3. The van der Waals surface area contributed by atoms with E-state index in [1.807, 2.05) is 12.1 Å². The first-order valence-corrected chi connectivity index (χ1v) is 6.68. The number of hydrogen-bond acceptors (Lipinski definition) is 3. The smallest absolute Gasteiger partial charge is 0.164 e. The van der Waals surface area contributed by atoms with E-state index < -0.39 is 0 Å². The lowest BCUT2D eigenvalue weighted by molar-refractivity contribution is 0.114. The van der Waals surface area contributed by atoms with Gasteiger partial charge in [-0.3, -0.25) is 0 Å². The average molecular weight is 301 g/mol. The van der Waals surface area contributed by atoms with Crippen molar-refractivity contribution in [3.63, 3.8) is 0 Å². The van der Waals surface area contributed by atoms with Gasteiger partial charge in [0.2, 0.25) is 0 Å². The van der Waals surface area contributed by atoms with Gasteiger partial charge in [0.1, 0.15) is 0 Å². The fraction of sp³-hybridized carbons (Fsp3) is 0.538. The maximum Gasteiger partial charge on any atom is 0.164 e. The van der Waals surface area contributed by atoms with Crippen LogP contribution in [0.5, 0.6) is 11.5 Å². The molecule has 1 aromatic carbocycles. The molecule has 0 radical (unpaired) electrons. The van der Waals surface area contributed by atoms with Gasteiger partial charge in [-0.1, -0.05) is 15.9 Å². The molecule has 0 unspecified atom stereocenters. The highest BCUT2D eigenvalue weighted by Crippen LogP contribution is 2.38. The average Bonchev–Trinajstić information content (AvgIpc) is 2.25. The molecule has 1 fully saturated rings. The highest BCUT2D eigenvalue weighted by atomic mass is 79.9. The number of halogens is 1. The predicted molar refractivity (Wildman–Crippen MR) is 69.8 cm³/mol. The van der Waals surface area contributed by atoms with E-state index in [-0.39, 0.29) is 6.61 Å².